The van der Waals surface area contributed by atoms with Crippen LogP contribution in [0, 0.1) is 6.92 Å². The SMILES string of the molecule is Cc1ccc(-c2cc3ncccc3c3cc(C(=O)NC4CCCCC4)nn23)cc1. The van der Waals surface area contributed by atoms with Crippen molar-refractivity contribution in [2.45, 2.75) is 45.1 Å². The molecule has 1 fully saturated rings. The second-order valence-corrected chi connectivity index (χ2v) is 7.97. The number of amides is 1. The molecule has 4 aromatic rings. The Kier molecular flexibility index (Phi) is 4.51. The molecule has 1 amide bonds. The number of fused-ring (bicyclic) bond motifs is 3. The average Bonchev–Trinajstić information content (AvgIpc) is 3.21. The molecule has 5 rings (SSSR count). The van der Waals surface area contributed by atoms with E-state index in [-0.39, 0.29) is 11.9 Å². The third-order valence-electron chi connectivity index (χ3n) is 5.85. The fourth-order valence-electron chi connectivity index (χ4n) is 4.24. The molecule has 0 atom stereocenters. The highest BCUT2D eigenvalue weighted by molar-refractivity contribution is 6.00. The lowest BCUT2D eigenvalue weighted by atomic mass is 9.95. The number of carbonyl (C=O) groups excluding carboxylic acids is 1. The predicted molar refractivity (Wildman–Crippen MR) is 115 cm³/mol. The van der Waals surface area contributed by atoms with Gasteiger partial charge in [0.2, 0.25) is 0 Å². The number of rotatable bonds is 3. The molecule has 29 heavy (non-hydrogen) atoms. The minimum Gasteiger partial charge on any atom is -0.348 e. The van der Waals surface area contributed by atoms with E-state index >= 15 is 0 Å². The van der Waals surface area contributed by atoms with Gasteiger partial charge in [0, 0.05) is 23.2 Å². The molecule has 1 aliphatic carbocycles. The van der Waals surface area contributed by atoms with Gasteiger partial charge >= 0.3 is 0 Å². The van der Waals surface area contributed by atoms with Gasteiger partial charge in [0.25, 0.3) is 5.91 Å². The first kappa shape index (κ1) is 17.9. The highest BCUT2D eigenvalue weighted by Gasteiger charge is 2.20. The summed E-state index contributed by atoms with van der Waals surface area (Å²) in [6.45, 7) is 2.07. The quantitative estimate of drug-likeness (QED) is 0.545. The number of nitrogens with zero attached hydrogens (tertiary/aromatic N) is 3. The Bertz CT molecular complexity index is 1190. The monoisotopic (exact) mass is 384 g/mol. The zero-order chi connectivity index (χ0) is 19.8. The first-order chi connectivity index (χ1) is 14.2. The van der Waals surface area contributed by atoms with Crippen LogP contribution in [0.5, 0.6) is 0 Å². The Morgan fingerprint density at radius 1 is 1.07 bits per heavy atom. The largest absolute Gasteiger partial charge is 0.348 e. The van der Waals surface area contributed by atoms with Crippen LogP contribution in [-0.4, -0.2) is 26.5 Å². The molecule has 1 N–H and O–H groups in total. The van der Waals surface area contributed by atoms with Gasteiger partial charge in [0.15, 0.2) is 5.69 Å². The van der Waals surface area contributed by atoms with Crippen LogP contribution < -0.4 is 5.32 Å². The zero-order valence-corrected chi connectivity index (χ0v) is 16.6. The molecule has 5 nitrogen and oxygen atoms in total. The number of carbonyl (C=O) groups is 1. The van der Waals surface area contributed by atoms with Gasteiger partial charge in [-0.15, -0.1) is 0 Å². The summed E-state index contributed by atoms with van der Waals surface area (Å²) in [5, 5.41) is 8.88. The van der Waals surface area contributed by atoms with Crippen molar-refractivity contribution < 1.29 is 4.79 Å². The standard InChI is InChI=1S/C24H24N4O/c1-16-9-11-17(12-10-16)22-14-20-19(8-5-13-25-20)23-15-21(27-28(22)23)24(29)26-18-6-3-2-4-7-18/h5,8-15,18H,2-4,6-7H2,1H3,(H,26,29). The Morgan fingerprint density at radius 2 is 1.86 bits per heavy atom. The smallest absolute Gasteiger partial charge is 0.272 e. The highest BCUT2D eigenvalue weighted by Crippen LogP contribution is 2.28. The average molecular weight is 384 g/mol. The fourth-order valence-corrected chi connectivity index (χ4v) is 4.24. The van der Waals surface area contributed by atoms with E-state index in [2.05, 4.69) is 41.5 Å². The Morgan fingerprint density at radius 3 is 2.66 bits per heavy atom. The molecule has 0 unspecified atom stereocenters. The van der Waals surface area contributed by atoms with E-state index in [9.17, 15) is 4.79 Å². The van der Waals surface area contributed by atoms with Gasteiger partial charge in [-0.2, -0.15) is 5.10 Å². The summed E-state index contributed by atoms with van der Waals surface area (Å²) in [6, 6.07) is 16.5. The van der Waals surface area contributed by atoms with Crippen molar-refractivity contribution in [1.29, 1.82) is 0 Å². The van der Waals surface area contributed by atoms with Crippen molar-refractivity contribution >= 4 is 22.3 Å². The van der Waals surface area contributed by atoms with Crippen LogP contribution in [0.15, 0.2) is 54.7 Å². The molecular formula is C24H24N4O. The maximum absolute atomic E-state index is 12.9. The Hall–Kier alpha value is -3.21. The maximum Gasteiger partial charge on any atom is 0.272 e. The number of hydrogen-bond acceptors (Lipinski definition) is 3. The molecule has 1 saturated carbocycles. The summed E-state index contributed by atoms with van der Waals surface area (Å²) in [7, 11) is 0. The van der Waals surface area contributed by atoms with E-state index in [1.807, 2.05) is 28.8 Å². The second-order valence-electron chi connectivity index (χ2n) is 7.97. The summed E-state index contributed by atoms with van der Waals surface area (Å²) in [5.74, 6) is -0.0903. The lowest BCUT2D eigenvalue weighted by molar-refractivity contribution is 0.0922. The highest BCUT2D eigenvalue weighted by atomic mass is 16.2. The minimum atomic E-state index is -0.0903. The number of nitrogens with one attached hydrogen (secondary N) is 1. The van der Waals surface area contributed by atoms with Crippen molar-refractivity contribution in [2.24, 2.45) is 0 Å². The van der Waals surface area contributed by atoms with E-state index in [4.69, 9.17) is 5.10 Å². The molecule has 5 heteroatoms. The number of aryl methyl sites for hydroxylation is 1. The molecule has 0 bridgehead atoms. The van der Waals surface area contributed by atoms with Crippen LogP contribution in [0.2, 0.25) is 0 Å². The molecule has 3 heterocycles. The van der Waals surface area contributed by atoms with E-state index in [0.717, 1.165) is 40.5 Å². The van der Waals surface area contributed by atoms with Crippen LogP contribution >= 0.6 is 0 Å². The third kappa shape index (κ3) is 3.37. The van der Waals surface area contributed by atoms with Gasteiger partial charge in [-0.3, -0.25) is 9.78 Å². The van der Waals surface area contributed by atoms with Gasteiger partial charge in [-0.25, -0.2) is 4.52 Å². The van der Waals surface area contributed by atoms with Gasteiger partial charge < -0.3 is 5.32 Å². The lowest BCUT2D eigenvalue weighted by Crippen LogP contribution is -2.36. The second kappa shape index (κ2) is 7.32. The van der Waals surface area contributed by atoms with Gasteiger partial charge in [-0.05, 0) is 44.0 Å². The van der Waals surface area contributed by atoms with Crippen molar-refractivity contribution in [3.8, 4) is 11.3 Å². The summed E-state index contributed by atoms with van der Waals surface area (Å²) >= 11 is 0. The Balaban J connectivity index is 1.62. The molecule has 1 aliphatic rings. The number of hydrogen-bond donors (Lipinski definition) is 1. The van der Waals surface area contributed by atoms with Crippen molar-refractivity contribution in [2.75, 3.05) is 0 Å². The molecule has 0 aliphatic heterocycles. The van der Waals surface area contributed by atoms with Crippen molar-refractivity contribution in [3.63, 3.8) is 0 Å². The van der Waals surface area contributed by atoms with Gasteiger partial charge in [-0.1, -0.05) is 49.1 Å². The summed E-state index contributed by atoms with van der Waals surface area (Å²) in [5.41, 5.74) is 5.45. The van der Waals surface area contributed by atoms with Crippen molar-refractivity contribution in [1.82, 2.24) is 19.9 Å². The fraction of sp³-hybridized carbons (Fsp3) is 0.292. The van der Waals surface area contributed by atoms with E-state index < -0.39 is 0 Å². The van der Waals surface area contributed by atoms with E-state index in [1.54, 1.807) is 6.20 Å². The first-order valence-corrected chi connectivity index (χ1v) is 10.3. The number of pyridine rings is 2. The predicted octanol–water partition coefficient (Wildman–Crippen LogP) is 4.92. The zero-order valence-electron chi connectivity index (χ0n) is 16.6. The molecular weight excluding hydrogens is 360 g/mol. The molecule has 146 valence electrons. The normalized spacial score (nSPS) is 15.1. The molecule has 3 aromatic heterocycles. The molecule has 0 saturated heterocycles. The van der Waals surface area contributed by atoms with Crippen LogP contribution in [-0.2, 0) is 0 Å². The Labute approximate surface area is 169 Å². The summed E-state index contributed by atoms with van der Waals surface area (Å²) in [4.78, 5) is 17.4. The minimum absolute atomic E-state index is 0.0903. The van der Waals surface area contributed by atoms with E-state index in [1.165, 1.54) is 24.8 Å². The maximum atomic E-state index is 12.9. The first-order valence-electron chi connectivity index (χ1n) is 10.3. The topological polar surface area (TPSA) is 59.3 Å². The lowest BCUT2D eigenvalue weighted by Gasteiger charge is -2.22. The van der Waals surface area contributed by atoms with Crippen LogP contribution in [0.1, 0.15) is 48.2 Å². The van der Waals surface area contributed by atoms with Gasteiger partial charge in [0.1, 0.15) is 0 Å². The third-order valence-corrected chi connectivity index (χ3v) is 5.85. The van der Waals surface area contributed by atoms with Crippen molar-refractivity contribution in [3.05, 3.63) is 66.0 Å². The molecule has 0 spiro atoms. The molecule has 1 aromatic carbocycles. The summed E-state index contributed by atoms with van der Waals surface area (Å²) in [6.07, 6.45) is 7.54. The van der Waals surface area contributed by atoms with E-state index in [0.29, 0.717) is 5.69 Å². The number of benzene rings is 1. The van der Waals surface area contributed by atoms with Gasteiger partial charge in [0.05, 0.1) is 16.7 Å². The van der Waals surface area contributed by atoms with Crippen LogP contribution in [0.4, 0.5) is 0 Å². The number of aromatic nitrogens is 3. The van der Waals surface area contributed by atoms with Crippen LogP contribution in [0.25, 0.3) is 27.7 Å². The summed E-state index contributed by atoms with van der Waals surface area (Å²) < 4.78 is 1.88. The van der Waals surface area contributed by atoms with Crippen LogP contribution in [0.3, 0.4) is 0 Å². The molecule has 0 radical (unpaired) electrons.